The first-order valence-electron chi connectivity index (χ1n) is 8.67. The molecule has 1 aliphatic rings. The number of benzene rings is 1. The molecule has 0 saturated carbocycles. The largest absolute Gasteiger partial charge is 0.507 e. The van der Waals surface area contributed by atoms with Gasteiger partial charge in [0.2, 0.25) is 0 Å². The first kappa shape index (κ1) is 17.2. The molecule has 1 saturated heterocycles. The van der Waals surface area contributed by atoms with Gasteiger partial charge in [-0.2, -0.15) is 0 Å². The van der Waals surface area contributed by atoms with Gasteiger partial charge in [-0.3, -0.25) is 0 Å². The molecule has 132 valence electrons. The molecule has 0 amide bonds. The van der Waals surface area contributed by atoms with E-state index in [0.717, 1.165) is 25.9 Å². The van der Waals surface area contributed by atoms with Crippen LogP contribution in [0.15, 0.2) is 30.5 Å². The average Bonchev–Trinajstić information content (AvgIpc) is 2.62. The van der Waals surface area contributed by atoms with Crippen molar-refractivity contribution < 1.29 is 14.6 Å². The lowest BCUT2D eigenvalue weighted by molar-refractivity contribution is 0.0526. The van der Waals surface area contributed by atoms with Crippen LogP contribution in [0.25, 0.3) is 11.4 Å². The van der Waals surface area contributed by atoms with Crippen molar-refractivity contribution in [3.63, 3.8) is 0 Å². The number of esters is 1. The molecule has 2 heterocycles. The second kappa shape index (κ2) is 7.51. The number of nitrogens with zero attached hydrogens (tertiary/aromatic N) is 3. The van der Waals surface area contributed by atoms with Crippen LogP contribution in [0, 0.1) is 5.92 Å². The molecule has 1 aromatic carbocycles. The number of carbonyl (C=O) groups excluding carboxylic acids is 1. The van der Waals surface area contributed by atoms with Gasteiger partial charge < -0.3 is 14.7 Å². The van der Waals surface area contributed by atoms with Gasteiger partial charge in [0, 0.05) is 19.3 Å². The Bertz CT molecular complexity index is 755. The maximum Gasteiger partial charge on any atom is 0.343 e. The Morgan fingerprint density at radius 1 is 1.32 bits per heavy atom. The summed E-state index contributed by atoms with van der Waals surface area (Å²) in [5.41, 5.74) is 0.917. The molecular formula is C19H23N3O3. The summed E-state index contributed by atoms with van der Waals surface area (Å²) in [5, 5.41) is 10.1. The van der Waals surface area contributed by atoms with Crippen molar-refractivity contribution in [2.45, 2.75) is 26.7 Å². The van der Waals surface area contributed by atoms with Gasteiger partial charge in [0.15, 0.2) is 5.82 Å². The lowest BCUT2D eigenvalue weighted by atomic mass is 9.99. The molecule has 0 aliphatic carbocycles. The third kappa shape index (κ3) is 3.73. The Balaban J connectivity index is 2.02. The minimum Gasteiger partial charge on any atom is -0.507 e. The number of anilines is 1. The van der Waals surface area contributed by atoms with E-state index >= 15 is 0 Å². The molecule has 6 nitrogen and oxygen atoms in total. The molecule has 0 radical (unpaired) electrons. The van der Waals surface area contributed by atoms with Crippen molar-refractivity contribution in [1.29, 1.82) is 0 Å². The normalized spacial score (nSPS) is 15.2. The van der Waals surface area contributed by atoms with E-state index in [1.807, 2.05) is 6.07 Å². The average molecular weight is 341 g/mol. The molecule has 3 rings (SSSR count). The first-order chi connectivity index (χ1) is 12.1. The highest BCUT2D eigenvalue weighted by molar-refractivity contribution is 5.95. The van der Waals surface area contributed by atoms with E-state index in [4.69, 9.17) is 4.74 Å². The SMILES string of the molecule is CCOC(=O)c1cnc(-c2ccccc2O)nc1N1CCC(C)CC1. The zero-order valence-electron chi connectivity index (χ0n) is 14.6. The lowest BCUT2D eigenvalue weighted by Crippen LogP contribution is -2.35. The molecular weight excluding hydrogens is 318 g/mol. The molecule has 1 aromatic heterocycles. The van der Waals surface area contributed by atoms with Crippen LogP contribution in [-0.4, -0.2) is 40.7 Å². The Kier molecular flexibility index (Phi) is 5.16. The van der Waals surface area contributed by atoms with Crippen molar-refractivity contribution in [2.75, 3.05) is 24.6 Å². The zero-order valence-corrected chi connectivity index (χ0v) is 14.6. The number of phenolic OH excluding ortho intramolecular Hbond substituents is 1. The lowest BCUT2D eigenvalue weighted by Gasteiger charge is -2.32. The van der Waals surface area contributed by atoms with E-state index in [9.17, 15) is 9.90 Å². The summed E-state index contributed by atoms with van der Waals surface area (Å²) in [7, 11) is 0. The summed E-state index contributed by atoms with van der Waals surface area (Å²) in [6.07, 6.45) is 3.61. The molecule has 25 heavy (non-hydrogen) atoms. The Morgan fingerprint density at radius 3 is 2.72 bits per heavy atom. The third-order valence-electron chi connectivity index (χ3n) is 4.49. The Labute approximate surface area is 147 Å². The number of ether oxygens (including phenoxy) is 1. The minimum absolute atomic E-state index is 0.115. The molecule has 1 aliphatic heterocycles. The molecule has 1 N–H and O–H groups in total. The first-order valence-corrected chi connectivity index (χ1v) is 8.67. The van der Waals surface area contributed by atoms with Crippen LogP contribution >= 0.6 is 0 Å². The minimum atomic E-state index is -0.417. The van der Waals surface area contributed by atoms with Crippen molar-refractivity contribution in [3.05, 3.63) is 36.0 Å². The molecule has 6 heteroatoms. The molecule has 0 atom stereocenters. The number of piperidine rings is 1. The Hall–Kier alpha value is -2.63. The number of aromatic hydroxyl groups is 1. The number of para-hydroxylation sites is 1. The smallest absolute Gasteiger partial charge is 0.343 e. The molecule has 2 aromatic rings. The van der Waals surface area contributed by atoms with Gasteiger partial charge in [-0.15, -0.1) is 0 Å². The summed E-state index contributed by atoms with van der Waals surface area (Å²) in [6, 6.07) is 6.93. The van der Waals surface area contributed by atoms with Crippen molar-refractivity contribution in [1.82, 2.24) is 9.97 Å². The van der Waals surface area contributed by atoms with Gasteiger partial charge in [0.05, 0.1) is 12.2 Å². The summed E-state index contributed by atoms with van der Waals surface area (Å²) in [4.78, 5) is 23.3. The predicted molar refractivity (Wildman–Crippen MR) is 95.7 cm³/mol. The van der Waals surface area contributed by atoms with E-state index in [1.54, 1.807) is 25.1 Å². The number of carbonyl (C=O) groups is 1. The molecule has 1 fully saturated rings. The van der Waals surface area contributed by atoms with Crippen LogP contribution in [0.1, 0.15) is 37.0 Å². The summed E-state index contributed by atoms with van der Waals surface area (Å²) in [5.74, 6) is 1.35. The van der Waals surface area contributed by atoms with Gasteiger partial charge in [0.1, 0.15) is 17.1 Å². The fourth-order valence-electron chi connectivity index (χ4n) is 2.98. The maximum absolute atomic E-state index is 12.3. The second-order valence-corrected chi connectivity index (χ2v) is 6.34. The topological polar surface area (TPSA) is 75.5 Å². The van der Waals surface area contributed by atoms with E-state index in [1.165, 1.54) is 6.20 Å². The number of rotatable bonds is 4. The number of phenols is 1. The van der Waals surface area contributed by atoms with Crippen LogP contribution < -0.4 is 4.90 Å². The standard InChI is InChI=1S/C19H23N3O3/c1-3-25-19(24)15-12-20-17(14-6-4-5-7-16(14)23)21-18(15)22-10-8-13(2)9-11-22/h4-7,12-13,23H,3,8-11H2,1-2H3. The van der Waals surface area contributed by atoms with Gasteiger partial charge in [-0.1, -0.05) is 19.1 Å². The number of hydrogen-bond donors (Lipinski definition) is 1. The summed E-state index contributed by atoms with van der Waals surface area (Å²) in [6.45, 7) is 5.99. The highest BCUT2D eigenvalue weighted by atomic mass is 16.5. The molecule has 0 bridgehead atoms. The van der Waals surface area contributed by atoms with Crippen LogP contribution in [-0.2, 0) is 4.74 Å². The van der Waals surface area contributed by atoms with Gasteiger partial charge in [-0.05, 0) is 37.8 Å². The van der Waals surface area contributed by atoms with Gasteiger partial charge in [-0.25, -0.2) is 14.8 Å². The van der Waals surface area contributed by atoms with E-state index in [-0.39, 0.29) is 5.75 Å². The van der Waals surface area contributed by atoms with Crippen LogP contribution in [0.3, 0.4) is 0 Å². The van der Waals surface area contributed by atoms with Crippen molar-refractivity contribution in [2.24, 2.45) is 5.92 Å². The zero-order chi connectivity index (χ0) is 17.8. The van der Waals surface area contributed by atoms with E-state index in [0.29, 0.717) is 35.3 Å². The maximum atomic E-state index is 12.3. The number of hydrogen-bond acceptors (Lipinski definition) is 6. The molecule has 0 spiro atoms. The van der Waals surface area contributed by atoms with Gasteiger partial charge >= 0.3 is 5.97 Å². The summed E-state index contributed by atoms with van der Waals surface area (Å²) >= 11 is 0. The number of aromatic nitrogens is 2. The Morgan fingerprint density at radius 2 is 2.04 bits per heavy atom. The van der Waals surface area contributed by atoms with Crippen molar-refractivity contribution >= 4 is 11.8 Å². The fraction of sp³-hybridized carbons (Fsp3) is 0.421. The highest BCUT2D eigenvalue weighted by Crippen LogP contribution is 2.30. The van der Waals surface area contributed by atoms with E-state index < -0.39 is 5.97 Å². The molecule has 0 unspecified atom stereocenters. The van der Waals surface area contributed by atoms with Crippen LogP contribution in [0.4, 0.5) is 5.82 Å². The van der Waals surface area contributed by atoms with Crippen molar-refractivity contribution in [3.8, 4) is 17.1 Å². The van der Waals surface area contributed by atoms with Gasteiger partial charge in [0.25, 0.3) is 0 Å². The second-order valence-electron chi connectivity index (χ2n) is 6.34. The predicted octanol–water partition coefficient (Wildman–Crippen LogP) is 3.26. The van der Waals surface area contributed by atoms with E-state index in [2.05, 4.69) is 21.8 Å². The monoisotopic (exact) mass is 341 g/mol. The fourth-order valence-corrected chi connectivity index (χ4v) is 2.98. The quantitative estimate of drug-likeness (QED) is 0.860. The third-order valence-corrected chi connectivity index (χ3v) is 4.49. The van der Waals surface area contributed by atoms with Crippen LogP contribution in [0.5, 0.6) is 5.75 Å². The highest BCUT2D eigenvalue weighted by Gasteiger charge is 2.24. The van der Waals surface area contributed by atoms with Crippen LogP contribution in [0.2, 0.25) is 0 Å². The summed E-state index contributed by atoms with van der Waals surface area (Å²) < 4.78 is 5.15.